The van der Waals surface area contributed by atoms with Gasteiger partial charge >= 0.3 is 0 Å². The fourth-order valence-corrected chi connectivity index (χ4v) is 4.04. The Labute approximate surface area is 185 Å². The van der Waals surface area contributed by atoms with E-state index in [1.807, 2.05) is 57.2 Å². The van der Waals surface area contributed by atoms with E-state index in [1.54, 1.807) is 18.2 Å². The first-order chi connectivity index (χ1) is 14.3. The Morgan fingerprint density at radius 2 is 1.60 bits per heavy atom. The topological polar surface area (TPSA) is 42.0 Å². The first-order valence-electron chi connectivity index (χ1n) is 9.57. The summed E-state index contributed by atoms with van der Waals surface area (Å²) >= 11 is 12.5. The average molecular weight is 435 g/mol. The Kier molecular flexibility index (Phi) is 5.50. The molecule has 0 radical (unpaired) electrons. The molecule has 0 atom stereocenters. The van der Waals surface area contributed by atoms with Crippen molar-refractivity contribution in [2.75, 3.05) is 5.32 Å². The molecule has 150 valence electrons. The third-order valence-corrected chi connectivity index (χ3v) is 5.56. The Morgan fingerprint density at radius 1 is 0.867 bits per heavy atom. The number of benzene rings is 3. The quantitative estimate of drug-likeness (QED) is 0.365. The largest absolute Gasteiger partial charge is 0.322 e. The second-order valence-corrected chi connectivity index (χ2v) is 8.32. The SMILES string of the molecule is Cc1ccc(NC(=O)c2cc(-c3ccc(Cl)cc3Cl)nc3c(C)cc(C)cc23)cc1. The minimum absolute atomic E-state index is 0.192. The van der Waals surface area contributed by atoms with Crippen molar-refractivity contribution in [3.63, 3.8) is 0 Å². The third kappa shape index (κ3) is 4.04. The third-order valence-electron chi connectivity index (χ3n) is 5.01. The number of fused-ring (bicyclic) bond motifs is 1. The van der Waals surface area contributed by atoms with Gasteiger partial charge in [-0.05, 0) is 68.8 Å². The van der Waals surface area contributed by atoms with Gasteiger partial charge in [0.1, 0.15) is 0 Å². The lowest BCUT2D eigenvalue weighted by Crippen LogP contribution is -2.13. The van der Waals surface area contributed by atoms with Gasteiger partial charge in [-0.1, -0.05) is 52.5 Å². The van der Waals surface area contributed by atoms with Gasteiger partial charge in [-0.3, -0.25) is 4.79 Å². The van der Waals surface area contributed by atoms with Gasteiger partial charge in [0.15, 0.2) is 0 Å². The first-order valence-corrected chi connectivity index (χ1v) is 10.3. The highest BCUT2D eigenvalue weighted by Gasteiger charge is 2.17. The number of rotatable bonds is 3. The number of hydrogen-bond acceptors (Lipinski definition) is 2. The molecule has 0 fully saturated rings. The maximum Gasteiger partial charge on any atom is 0.256 e. The maximum atomic E-state index is 13.3. The molecule has 0 bridgehead atoms. The van der Waals surface area contributed by atoms with Crippen LogP contribution in [0, 0.1) is 20.8 Å². The van der Waals surface area contributed by atoms with Gasteiger partial charge in [0.25, 0.3) is 5.91 Å². The van der Waals surface area contributed by atoms with Crippen LogP contribution >= 0.6 is 23.2 Å². The Morgan fingerprint density at radius 3 is 2.30 bits per heavy atom. The van der Waals surface area contributed by atoms with Gasteiger partial charge in [0.05, 0.1) is 21.8 Å². The molecule has 1 aromatic heterocycles. The normalized spacial score (nSPS) is 11.0. The first kappa shape index (κ1) is 20.4. The van der Waals surface area contributed by atoms with Crippen LogP contribution in [0.15, 0.2) is 60.7 Å². The molecule has 1 N–H and O–H groups in total. The molecule has 0 aliphatic carbocycles. The molecule has 30 heavy (non-hydrogen) atoms. The van der Waals surface area contributed by atoms with Gasteiger partial charge in [0, 0.05) is 21.7 Å². The molecule has 0 saturated heterocycles. The van der Waals surface area contributed by atoms with Gasteiger partial charge < -0.3 is 5.32 Å². The van der Waals surface area contributed by atoms with Crippen LogP contribution in [-0.4, -0.2) is 10.9 Å². The Balaban J connectivity index is 1.89. The number of aryl methyl sites for hydroxylation is 3. The van der Waals surface area contributed by atoms with Crippen LogP contribution in [0.3, 0.4) is 0 Å². The molecule has 0 saturated carbocycles. The molecular weight excluding hydrogens is 415 g/mol. The number of nitrogens with one attached hydrogen (secondary N) is 1. The average Bonchev–Trinajstić information content (AvgIpc) is 2.69. The number of amides is 1. The van der Waals surface area contributed by atoms with E-state index in [1.165, 1.54) is 0 Å². The lowest BCUT2D eigenvalue weighted by molar-refractivity contribution is 0.102. The van der Waals surface area contributed by atoms with E-state index < -0.39 is 0 Å². The van der Waals surface area contributed by atoms with E-state index in [0.717, 1.165) is 38.8 Å². The van der Waals surface area contributed by atoms with Crippen molar-refractivity contribution in [2.24, 2.45) is 0 Å². The lowest BCUT2D eigenvalue weighted by atomic mass is 9.99. The zero-order chi connectivity index (χ0) is 21.4. The van der Waals surface area contributed by atoms with Crippen molar-refractivity contribution < 1.29 is 4.79 Å². The van der Waals surface area contributed by atoms with Crippen molar-refractivity contribution in [1.29, 1.82) is 0 Å². The van der Waals surface area contributed by atoms with Crippen molar-refractivity contribution in [2.45, 2.75) is 20.8 Å². The molecule has 1 heterocycles. The molecule has 1 amide bonds. The van der Waals surface area contributed by atoms with Gasteiger partial charge in [0.2, 0.25) is 0 Å². The molecule has 5 heteroatoms. The van der Waals surface area contributed by atoms with E-state index in [4.69, 9.17) is 28.2 Å². The summed E-state index contributed by atoms with van der Waals surface area (Å²) in [7, 11) is 0. The highest BCUT2D eigenvalue weighted by Crippen LogP contribution is 2.33. The molecule has 0 aliphatic rings. The number of aromatic nitrogens is 1. The number of anilines is 1. The summed E-state index contributed by atoms with van der Waals surface area (Å²) in [6, 6.07) is 18.8. The Bertz CT molecular complexity index is 1280. The fourth-order valence-electron chi connectivity index (χ4n) is 3.54. The smallest absolute Gasteiger partial charge is 0.256 e. The van der Waals surface area contributed by atoms with E-state index in [0.29, 0.717) is 21.3 Å². The monoisotopic (exact) mass is 434 g/mol. The molecule has 3 nitrogen and oxygen atoms in total. The molecule has 4 aromatic rings. The summed E-state index contributed by atoms with van der Waals surface area (Å²) in [4.78, 5) is 18.1. The zero-order valence-corrected chi connectivity index (χ0v) is 18.4. The number of carbonyl (C=O) groups is 1. The number of hydrogen-bond donors (Lipinski definition) is 1. The van der Waals surface area contributed by atoms with E-state index in [2.05, 4.69) is 11.4 Å². The second kappa shape index (κ2) is 8.10. The summed E-state index contributed by atoms with van der Waals surface area (Å²) in [5.74, 6) is -0.192. The van der Waals surface area contributed by atoms with Crippen LogP contribution in [0.25, 0.3) is 22.2 Å². The standard InChI is InChI=1S/C25H20Cl2N2O/c1-14-4-7-18(8-5-14)28-25(30)21-13-23(19-9-6-17(26)12-22(19)27)29-24-16(3)10-15(2)11-20(21)24/h4-13H,1-3H3,(H,28,30). The van der Waals surface area contributed by atoms with Crippen LogP contribution in [0.2, 0.25) is 10.0 Å². The van der Waals surface area contributed by atoms with Crippen LogP contribution in [0.4, 0.5) is 5.69 Å². The summed E-state index contributed by atoms with van der Waals surface area (Å²) in [6.07, 6.45) is 0. The molecule has 4 rings (SSSR count). The molecule has 0 aliphatic heterocycles. The van der Waals surface area contributed by atoms with Crippen LogP contribution in [0.1, 0.15) is 27.0 Å². The predicted octanol–water partition coefficient (Wildman–Crippen LogP) is 7.39. The number of carbonyl (C=O) groups excluding carboxylic acids is 1. The highest BCUT2D eigenvalue weighted by molar-refractivity contribution is 6.36. The number of nitrogens with zero attached hydrogens (tertiary/aromatic N) is 1. The van der Waals surface area contributed by atoms with Crippen LogP contribution < -0.4 is 5.32 Å². The fraction of sp³-hybridized carbons (Fsp3) is 0.120. The van der Waals surface area contributed by atoms with Crippen molar-refractivity contribution in [1.82, 2.24) is 4.98 Å². The molecule has 0 spiro atoms. The minimum Gasteiger partial charge on any atom is -0.322 e. The maximum absolute atomic E-state index is 13.3. The van der Waals surface area contributed by atoms with Crippen molar-refractivity contribution >= 4 is 45.7 Å². The second-order valence-electron chi connectivity index (χ2n) is 7.48. The van der Waals surface area contributed by atoms with Crippen molar-refractivity contribution in [3.8, 4) is 11.3 Å². The van der Waals surface area contributed by atoms with Crippen molar-refractivity contribution in [3.05, 3.63) is 93.0 Å². The van der Waals surface area contributed by atoms with E-state index in [9.17, 15) is 4.79 Å². The van der Waals surface area contributed by atoms with Gasteiger partial charge in [-0.25, -0.2) is 4.98 Å². The molecule has 3 aromatic carbocycles. The molecular formula is C25H20Cl2N2O. The summed E-state index contributed by atoms with van der Waals surface area (Å²) < 4.78 is 0. The predicted molar refractivity (Wildman–Crippen MR) is 126 cm³/mol. The zero-order valence-electron chi connectivity index (χ0n) is 16.9. The van der Waals surface area contributed by atoms with E-state index >= 15 is 0 Å². The minimum atomic E-state index is -0.192. The van der Waals surface area contributed by atoms with E-state index in [-0.39, 0.29) is 5.91 Å². The van der Waals surface area contributed by atoms with Gasteiger partial charge in [-0.15, -0.1) is 0 Å². The number of halogens is 2. The number of pyridine rings is 1. The lowest BCUT2D eigenvalue weighted by Gasteiger charge is -2.14. The summed E-state index contributed by atoms with van der Waals surface area (Å²) in [5, 5.41) is 4.85. The Hall–Kier alpha value is -2.88. The van der Waals surface area contributed by atoms with Gasteiger partial charge in [-0.2, -0.15) is 0 Å². The summed E-state index contributed by atoms with van der Waals surface area (Å²) in [5.41, 5.74) is 6.63. The van der Waals surface area contributed by atoms with Crippen LogP contribution in [0.5, 0.6) is 0 Å². The molecule has 0 unspecified atom stereocenters. The highest BCUT2D eigenvalue weighted by atomic mass is 35.5. The summed E-state index contributed by atoms with van der Waals surface area (Å²) in [6.45, 7) is 6.02. The van der Waals surface area contributed by atoms with Crippen LogP contribution in [-0.2, 0) is 0 Å².